The van der Waals surface area contributed by atoms with Gasteiger partial charge < -0.3 is 4.90 Å². The van der Waals surface area contributed by atoms with Gasteiger partial charge in [0.05, 0.1) is 5.69 Å². The number of nitrogens with zero attached hydrogens (tertiary/aromatic N) is 5. The number of aryl methyl sites for hydroxylation is 2. The maximum Gasteiger partial charge on any atom is 0.256 e. The van der Waals surface area contributed by atoms with E-state index < -0.39 is 5.54 Å². The first-order chi connectivity index (χ1) is 18.8. The Labute approximate surface area is 229 Å². The molecule has 2 saturated carbocycles. The number of rotatable bonds is 6. The van der Waals surface area contributed by atoms with Gasteiger partial charge in [-0.1, -0.05) is 49.4 Å². The fourth-order valence-electron chi connectivity index (χ4n) is 6.27. The summed E-state index contributed by atoms with van der Waals surface area (Å²) in [5.74, 6) is 1.54. The summed E-state index contributed by atoms with van der Waals surface area (Å²) >= 11 is 0. The predicted molar refractivity (Wildman–Crippen MR) is 151 cm³/mol. The number of benzene rings is 2. The first-order valence-corrected chi connectivity index (χ1v) is 14.2. The second-order valence-corrected chi connectivity index (χ2v) is 12.3. The Morgan fingerprint density at radius 3 is 2.36 bits per heavy atom. The molecule has 3 fully saturated rings. The van der Waals surface area contributed by atoms with Gasteiger partial charge in [0.15, 0.2) is 0 Å². The van der Waals surface area contributed by atoms with E-state index in [1.165, 1.54) is 0 Å². The number of aliphatic imine (C=N–C) groups is 1. The zero-order valence-electron chi connectivity index (χ0n) is 23.0. The highest BCUT2D eigenvalue weighted by atomic mass is 16.2. The lowest BCUT2D eigenvalue weighted by Crippen LogP contribution is -2.41. The van der Waals surface area contributed by atoms with Crippen molar-refractivity contribution >= 4 is 17.6 Å². The monoisotopic (exact) mass is 521 g/mol. The van der Waals surface area contributed by atoms with Gasteiger partial charge in [0.25, 0.3) is 5.91 Å². The van der Waals surface area contributed by atoms with Crippen molar-refractivity contribution in [3.63, 3.8) is 0 Å². The van der Waals surface area contributed by atoms with Crippen molar-refractivity contribution in [1.29, 1.82) is 0 Å². The Morgan fingerprint density at radius 2 is 1.72 bits per heavy atom. The molecule has 1 spiro atoms. The normalized spacial score (nSPS) is 22.5. The molecule has 3 aromatic rings. The molecule has 0 unspecified atom stereocenters. The van der Waals surface area contributed by atoms with Crippen molar-refractivity contribution in [2.45, 2.75) is 51.5 Å². The molecule has 4 aliphatic rings. The predicted octanol–water partition coefficient (Wildman–Crippen LogP) is 4.83. The van der Waals surface area contributed by atoms with Crippen molar-refractivity contribution in [3.05, 3.63) is 65.9 Å². The summed E-state index contributed by atoms with van der Waals surface area (Å²) in [5.41, 5.74) is 5.97. The molecule has 2 aromatic carbocycles. The Bertz CT molecular complexity index is 1510. The number of amidine groups is 1. The number of carbonyl (C=O) groups is 2. The fourth-order valence-corrected chi connectivity index (χ4v) is 6.27. The molecule has 2 aliphatic heterocycles. The summed E-state index contributed by atoms with van der Waals surface area (Å²) in [6, 6.07) is 17.0. The standard InChI is InChI=1S/C32H35N5O2/c1-21-18-25(23-4-6-24(7-5-23)27-10-16-33-35(27)3)8-9-26(21)28-34-32(14-15-32)30(39)37(28)20-22-11-17-36(19-22)29(38)31(2)12-13-31/h4-10,16,18,22H,11-15,17,19-20H2,1-3H3/t22-/m1/s1. The maximum atomic E-state index is 13.5. The van der Waals surface area contributed by atoms with E-state index in [0.29, 0.717) is 12.5 Å². The van der Waals surface area contributed by atoms with Crippen LogP contribution in [0.1, 0.15) is 50.2 Å². The molecular weight excluding hydrogens is 486 g/mol. The quantitative estimate of drug-likeness (QED) is 0.466. The summed E-state index contributed by atoms with van der Waals surface area (Å²) in [5, 5.41) is 4.27. The van der Waals surface area contributed by atoms with Crippen LogP contribution in [0.4, 0.5) is 0 Å². The van der Waals surface area contributed by atoms with E-state index >= 15 is 0 Å². The third-order valence-electron chi connectivity index (χ3n) is 9.27. The van der Waals surface area contributed by atoms with Gasteiger partial charge in [0.2, 0.25) is 5.91 Å². The second-order valence-electron chi connectivity index (χ2n) is 12.3. The largest absolute Gasteiger partial charge is 0.342 e. The summed E-state index contributed by atoms with van der Waals surface area (Å²) in [6.07, 6.45) is 6.42. The van der Waals surface area contributed by atoms with Crippen LogP contribution in [0.5, 0.6) is 0 Å². The Hall–Kier alpha value is -3.74. The van der Waals surface area contributed by atoms with Gasteiger partial charge in [-0.3, -0.25) is 24.2 Å². The van der Waals surface area contributed by atoms with Gasteiger partial charge in [-0.25, -0.2) is 0 Å². The molecule has 200 valence electrons. The second kappa shape index (κ2) is 8.63. The highest BCUT2D eigenvalue weighted by molar-refractivity contribution is 6.17. The van der Waals surface area contributed by atoms with E-state index in [0.717, 1.165) is 84.5 Å². The minimum atomic E-state index is -0.544. The molecule has 7 nitrogen and oxygen atoms in total. The topological polar surface area (TPSA) is 70.8 Å². The third-order valence-corrected chi connectivity index (χ3v) is 9.27. The molecule has 3 heterocycles. The van der Waals surface area contributed by atoms with E-state index in [1.54, 1.807) is 0 Å². The van der Waals surface area contributed by atoms with E-state index in [2.05, 4.69) is 61.4 Å². The van der Waals surface area contributed by atoms with Crippen LogP contribution in [-0.2, 0) is 16.6 Å². The zero-order valence-corrected chi connectivity index (χ0v) is 23.0. The SMILES string of the molecule is Cc1cc(-c2ccc(-c3ccnn3C)cc2)ccc1C1=NC2(CC2)C(=O)N1C[C@@H]1CCN(C(=O)C2(C)CC2)C1. The lowest BCUT2D eigenvalue weighted by Gasteiger charge is -2.25. The maximum absolute atomic E-state index is 13.5. The summed E-state index contributed by atoms with van der Waals surface area (Å²) in [7, 11) is 1.95. The van der Waals surface area contributed by atoms with Gasteiger partial charge in [-0.05, 0) is 73.3 Å². The van der Waals surface area contributed by atoms with Gasteiger partial charge in [0, 0.05) is 43.9 Å². The third kappa shape index (κ3) is 4.10. The van der Waals surface area contributed by atoms with E-state index in [1.807, 2.05) is 33.8 Å². The Kier molecular flexibility index (Phi) is 5.38. The average Bonchev–Trinajstić information content (AvgIpc) is 3.74. The molecule has 7 heteroatoms. The first kappa shape index (κ1) is 24.3. The number of likely N-dealkylation sites (tertiary alicyclic amines) is 1. The number of aromatic nitrogens is 2. The smallest absolute Gasteiger partial charge is 0.256 e. The summed E-state index contributed by atoms with van der Waals surface area (Å²) in [6.45, 7) is 6.36. The summed E-state index contributed by atoms with van der Waals surface area (Å²) < 4.78 is 1.88. The fraction of sp³-hybridized carbons (Fsp3) is 0.438. The van der Waals surface area contributed by atoms with Gasteiger partial charge >= 0.3 is 0 Å². The van der Waals surface area contributed by atoms with Crippen molar-refractivity contribution in [2.24, 2.45) is 23.4 Å². The molecule has 7 rings (SSSR count). The molecule has 2 amide bonds. The van der Waals surface area contributed by atoms with Crippen molar-refractivity contribution < 1.29 is 9.59 Å². The Morgan fingerprint density at radius 1 is 1.00 bits per heavy atom. The van der Waals surface area contributed by atoms with E-state index in [-0.39, 0.29) is 17.2 Å². The molecule has 1 aromatic heterocycles. The number of carbonyl (C=O) groups excluding carboxylic acids is 2. The number of hydrogen-bond donors (Lipinski definition) is 0. The molecule has 0 N–H and O–H groups in total. The molecule has 1 saturated heterocycles. The van der Waals surface area contributed by atoms with Gasteiger partial charge in [0.1, 0.15) is 11.4 Å². The molecular formula is C32H35N5O2. The van der Waals surface area contributed by atoms with Crippen LogP contribution in [0.3, 0.4) is 0 Å². The minimum Gasteiger partial charge on any atom is -0.342 e. The average molecular weight is 522 g/mol. The van der Waals surface area contributed by atoms with Gasteiger partial charge in [-0.15, -0.1) is 0 Å². The van der Waals surface area contributed by atoms with Crippen LogP contribution in [0, 0.1) is 18.3 Å². The molecule has 0 radical (unpaired) electrons. The number of hydrogen-bond acceptors (Lipinski definition) is 4. The van der Waals surface area contributed by atoms with Crippen molar-refractivity contribution in [2.75, 3.05) is 19.6 Å². The van der Waals surface area contributed by atoms with Crippen molar-refractivity contribution in [1.82, 2.24) is 19.6 Å². The van der Waals surface area contributed by atoms with Crippen LogP contribution in [0.25, 0.3) is 22.4 Å². The summed E-state index contributed by atoms with van der Waals surface area (Å²) in [4.78, 5) is 35.4. The molecule has 39 heavy (non-hydrogen) atoms. The minimum absolute atomic E-state index is 0.138. The molecule has 1 atom stereocenters. The molecule has 0 bridgehead atoms. The van der Waals surface area contributed by atoms with Crippen LogP contribution >= 0.6 is 0 Å². The van der Waals surface area contributed by atoms with Crippen LogP contribution in [0.15, 0.2) is 59.7 Å². The van der Waals surface area contributed by atoms with Crippen LogP contribution < -0.4 is 0 Å². The van der Waals surface area contributed by atoms with Crippen LogP contribution in [0.2, 0.25) is 0 Å². The highest BCUT2D eigenvalue weighted by Gasteiger charge is 2.58. The van der Waals surface area contributed by atoms with E-state index in [9.17, 15) is 9.59 Å². The van der Waals surface area contributed by atoms with E-state index in [4.69, 9.17) is 4.99 Å². The number of amides is 2. The highest BCUT2D eigenvalue weighted by Crippen LogP contribution is 2.48. The van der Waals surface area contributed by atoms with Crippen LogP contribution in [-0.4, -0.2) is 62.4 Å². The van der Waals surface area contributed by atoms with Crippen molar-refractivity contribution in [3.8, 4) is 22.4 Å². The molecule has 2 aliphatic carbocycles. The first-order valence-electron chi connectivity index (χ1n) is 14.2. The van der Waals surface area contributed by atoms with Gasteiger partial charge in [-0.2, -0.15) is 5.10 Å². The zero-order chi connectivity index (χ0) is 26.9. The lowest BCUT2D eigenvalue weighted by molar-refractivity contribution is -0.135. The Balaban J connectivity index is 1.11. The lowest BCUT2D eigenvalue weighted by atomic mass is 9.97.